The molecule has 0 bridgehead atoms. The van der Waals surface area contributed by atoms with Crippen LogP contribution in [-0.4, -0.2) is 36.9 Å². The number of nitrogens with one attached hydrogen (secondary N) is 1. The second kappa shape index (κ2) is 5.97. The van der Waals surface area contributed by atoms with Crippen LogP contribution in [0.2, 0.25) is 0 Å². The first-order chi connectivity index (χ1) is 5.57. The minimum absolute atomic E-state index is 0.110. The molecule has 0 aromatic carbocycles. The first-order valence-corrected chi connectivity index (χ1v) is 4.06. The van der Waals surface area contributed by atoms with Crippen LogP contribution in [0.4, 0.5) is 0 Å². The molecule has 0 saturated carbocycles. The van der Waals surface area contributed by atoms with Gasteiger partial charge in [-0.2, -0.15) is 0 Å². The monoisotopic (exact) mass is 175 g/mol. The molecule has 0 aromatic heterocycles. The van der Waals surface area contributed by atoms with Crippen molar-refractivity contribution in [2.45, 2.75) is 32.4 Å². The summed E-state index contributed by atoms with van der Waals surface area (Å²) in [5.41, 5.74) is 0. The van der Waals surface area contributed by atoms with Crippen molar-refractivity contribution in [1.29, 1.82) is 0 Å². The highest BCUT2D eigenvalue weighted by molar-refractivity contribution is 5.66. The van der Waals surface area contributed by atoms with E-state index in [2.05, 4.69) is 5.32 Å². The Bertz CT molecular complexity index is 138. The van der Waals surface area contributed by atoms with E-state index in [4.69, 9.17) is 9.84 Å². The van der Waals surface area contributed by atoms with Gasteiger partial charge in [0.15, 0.2) is 0 Å². The summed E-state index contributed by atoms with van der Waals surface area (Å²) in [6, 6.07) is 0.189. The Kier molecular flexibility index (Phi) is 5.66. The molecule has 72 valence electrons. The molecule has 0 radical (unpaired) electrons. The minimum atomic E-state index is -0.778. The summed E-state index contributed by atoms with van der Waals surface area (Å²) in [6.07, 6.45) is 0.264. The SMILES string of the molecule is COC(C)C(C)NCCC(=O)O. The molecule has 2 N–H and O–H groups in total. The number of hydrogen-bond acceptors (Lipinski definition) is 3. The fraction of sp³-hybridized carbons (Fsp3) is 0.875. The number of carbonyl (C=O) groups is 1. The number of methoxy groups -OCH3 is 1. The highest BCUT2D eigenvalue weighted by atomic mass is 16.5. The molecule has 0 spiro atoms. The normalized spacial score (nSPS) is 15.6. The predicted octanol–water partition coefficient (Wildman–Crippen LogP) is 0.474. The maximum absolute atomic E-state index is 10.1. The van der Waals surface area contributed by atoms with Gasteiger partial charge in [0, 0.05) is 19.7 Å². The summed E-state index contributed by atoms with van der Waals surface area (Å²) in [6.45, 7) is 4.40. The van der Waals surface area contributed by atoms with E-state index < -0.39 is 5.97 Å². The van der Waals surface area contributed by atoms with E-state index in [0.717, 1.165) is 0 Å². The summed E-state index contributed by atoms with van der Waals surface area (Å²) < 4.78 is 5.06. The van der Waals surface area contributed by atoms with E-state index in [9.17, 15) is 4.79 Å². The quantitative estimate of drug-likeness (QED) is 0.616. The second-order valence-electron chi connectivity index (χ2n) is 2.83. The van der Waals surface area contributed by atoms with Gasteiger partial charge < -0.3 is 15.2 Å². The predicted molar refractivity (Wildman–Crippen MR) is 46.2 cm³/mol. The summed E-state index contributed by atoms with van der Waals surface area (Å²) >= 11 is 0. The molecule has 0 saturated heterocycles. The van der Waals surface area contributed by atoms with Crippen LogP contribution >= 0.6 is 0 Å². The van der Waals surface area contributed by atoms with Gasteiger partial charge in [0.2, 0.25) is 0 Å². The third kappa shape index (κ3) is 5.09. The summed E-state index contributed by atoms with van der Waals surface area (Å²) in [5, 5.41) is 11.4. The van der Waals surface area contributed by atoms with Gasteiger partial charge in [0.1, 0.15) is 0 Å². The zero-order valence-electron chi connectivity index (χ0n) is 7.83. The minimum Gasteiger partial charge on any atom is -0.481 e. The van der Waals surface area contributed by atoms with Gasteiger partial charge >= 0.3 is 5.97 Å². The lowest BCUT2D eigenvalue weighted by Crippen LogP contribution is -2.37. The number of carboxylic acid groups (broad SMARTS) is 1. The highest BCUT2D eigenvalue weighted by Gasteiger charge is 2.09. The number of rotatable bonds is 6. The van der Waals surface area contributed by atoms with Crippen molar-refractivity contribution >= 4 is 5.97 Å². The van der Waals surface area contributed by atoms with Gasteiger partial charge in [-0.15, -0.1) is 0 Å². The molecule has 0 aliphatic carbocycles. The average molecular weight is 175 g/mol. The van der Waals surface area contributed by atoms with Crippen molar-refractivity contribution < 1.29 is 14.6 Å². The largest absolute Gasteiger partial charge is 0.481 e. The molecule has 4 nitrogen and oxygen atoms in total. The molecule has 0 heterocycles. The van der Waals surface area contributed by atoms with Gasteiger partial charge in [-0.1, -0.05) is 0 Å². The lowest BCUT2D eigenvalue weighted by atomic mass is 10.2. The zero-order chi connectivity index (χ0) is 9.56. The fourth-order valence-electron chi connectivity index (χ4n) is 0.777. The van der Waals surface area contributed by atoms with Gasteiger partial charge in [-0.05, 0) is 13.8 Å². The van der Waals surface area contributed by atoms with Gasteiger partial charge in [-0.25, -0.2) is 0 Å². The van der Waals surface area contributed by atoms with Crippen LogP contribution in [0.3, 0.4) is 0 Å². The van der Waals surface area contributed by atoms with E-state index in [1.165, 1.54) is 0 Å². The van der Waals surface area contributed by atoms with E-state index >= 15 is 0 Å². The van der Waals surface area contributed by atoms with E-state index in [0.29, 0.717) is 6.54 Å². The molecular weight excluding hydrogens is 158 g/mol. The third-order valence-electron chi connectivity index (χ3n) is 1.88. The number of carboxylic acids is 1. The van der Waals surface area contributed by atoms with Crippen molar-refractivity contribution in [3.63, 3.8) is 0 Å². The first kappa shape index (κ1) is 11.4. The summed E-state index contributed by atoms with van der Waals surface area (Å²) in [7, 11) is 1.64. The van der Waals surface area contributed by atoms with E-state index in [1.807, 2.05) is 13.8 Å². The van der Waals surface area contributed by atoms with E-state index in [-0.39, 0.29) is 18.6 Å². The van der Waals surface area contributed by atoms with Crippen molar-refractivity contribution in [3.05, 3.63) is 0 Å². The maximum Gasteiger partial charge on any atom is 0.304 e. The average Bonchev–Trinajstić information content (AvgIpc) is 2.02. The topological polar surface area (TPSA) is 58.6 Å². The number of hydrogen-bond donors (Lipinski definition) is 2. The molecule has 0 aliphatic rings. The molecule has 0 aromatic rings. The maximum atomic E-state index is 10.1. The fourth-order valence-corrected chi connectivity index (χ4v) is 0.777. The van der Waals surface area contributed by atoms with Gasteiger partial charge in [0.25, 0.3) is 0 Å². The third-order valence-corrected chi connectivity index (χ3v) is 1.88. The van der Waals surface area contributed by atoms with Crippen LogP contribution in [0.15, 0.2) is 0 Å². The lowest BCUT2D eigenvalue weighted by molar-refractivity contribution is -0.136. The van der Waals surface area contributed by atoms with Crippen LogP contribution in [0.1, 0.15) is 20.3 Å². The number of aliphatic carboxylic acids is 1. The van der Waals surface area contributed by atoms with E-state index in [1.54, 1.807) is 7.11 Å². The Morgan fingerprint density at radius 1 is 1.58 bits per heavy atom. The van der Waals surface area contributed by atoms with Crippen molar-refractivity contribution in [1.82, 2.24) is 5.32 Å². The molecule has 2 atom stereocenters. The van der Waals surface area contributed by atoms with Crippen molar-refractivity contribution in [3.8, 4) is 0 Å². The van der Waals surface area contributed by atoms with Crippen LogP contribution in [-0.2, 0) is 9.53 Å². The molecule has 0 amide bonds. The standard InChI is InChI=1S/C8H17NO3/c1-6(7(2)12-3)9-5-4-8(10)11/h6-7,9H,4-5H2,1-3H3,(H,10,11). The number of ether oxygens (including phenoxy) is 1. The Hall–Kier alpha value is -0.610. The molecule has 0 rings (SSSR count). The van der Waals surface area contributed by atoms with Crippen LogP contribution in [0.5, 0.6) is 0 Å². The summed E-state index contributed by atoms with van der Waals surface area (Å²) in [5.74, 6) is -0.778. The van der Waals surface area contributed by atoms with Gasteiger partial charge in [-0.3, -0.25) is 4.79 Å². The van der Waals surface area contributed by atoms with Crippen LogP contribution in [0, 0.1) is 0 Å². The zero-order valence-corrected chi connectivity index (χ0v) is 7.83. The Labute approximate surface area is 72.9 Å². The Balaban J connectivity index is 3.43. The van der Waals surface area contributed by atoms with Crippen molar-refractivity contribution in [2.75, 3.05) is 13.7 Å². The summed E-state index contributed by atoms with van der Waals surface area (Å²) in [4.78, 5) is 10.1. The molecular formula is C8H17NO3. The van der Waals surface area contributed by atoms with Gasteiger partial charge in [0.05, 0.1) is 12.5 Å². The lowest BCUT2D eigenvalue weighted by Gasteiger charge is -2.19. The van der Waals surface area contributed by atoms with Crippen LogP contribution < -0.4 is 5.32 Å². The Morgan fingerprint density at radius 3 is 2.58 bits per heavy atom. The first-order valence-electron chi connectivity index (χ1n) is 4.06. The highest BCUT2D eigenvalue weighted by Crippen LogP contribution is 1.95. The van der Waals surface area contributed by atoms with Crippen molar-refractivity contribution in [2.24, 2.45) is 0 Å². The molecule has 0 aliphatic heterocycles. The molecule has 4 heteroatoms. The smallest absolute Gasteiger partial charge is 0.304 e. The molecule has 0 fully saturated rings. The second-order valence-corrected chi connectivity index (χ2v) is 2.83. The van der Waals surface area contributed by atoms with Crippen LogP contribution in [0.25, 0.3) is 0 Å². The Morgan fingerprint density at radius 2 is 2.17 bits per heavy atom. The molecule has 12 heavy (non-hydrogen) atoms. The molecule has 2 unspecified atom stereocenters.